The summed E-state index contributed by atoms with van der Waals surface area (Å²) in [6.45, 7) is 0. The van der Waals surface area contributed by atoms with Gasteiger partial charge in [-0.3, -0.25) is 0 Å². The Morgan fingerprint density at radius 2 is 0.657 bits per heavy atom. The summed E-state index contributed by atoms with van der Waals surface area (Å²) in [5.74, 6) is 0. The minimum atomic E-state index is -0.490. The summed E-state index contributed by atoms with van der Waals surface area (Å²) in [7, 11) is 0. The third kappa shape index (κ3) is 4.97. The lowest BCUT2D eigenvalue weighted by atomic mass is 9.69. The summed E-state index contributed by atoms with van der Waals surface area (Å²) in [4.78, 5) is 0. The third-order valence-electron chi connectivity index (χ3n) is 15.4. The van der Waals surface area contributed by atoms with Gasteiger partial charge in [0.05, 0.1) is 5.41 Å². The Hall–Kier alpha value is -8.58. The van der Waals surface area contributed by atoms with Gasteiger partial charge in [0.15, 0.2) is 0 Å². The molecule has 0 amide bonds. The Morgan fingerprint density at radius 1 is 0.209 bits per heavy atom. The largest absolute Gasteiger partial charge is 0.0731 e. The molecule has 1 spiro atoms. The molecule has 308 valence electrons. The van der Waals surface area contributed by atoms with Crippen LogP contribution < -0.4 is 0 Å². The summed E-state index contributed by atoms with van der Waals surface area (Å²) in [6.07, 6.45) is 0. The Bertz CT molecular complexity index is 4160. The predicted octanol–water partition coefficient (Wildman–Crippen LogP) is 18.0. The van der Waals surface area contributed by atoms with Crippen molar-refractivity contribution in [2.24, 2.45) is 0 Å². The first-order valence-corrected chi connectivity index (χ1v) is 23.5. The highest BCUT2D eigenvalue weighted by Crippen LogP contribution is 2.66. The first-order chi connectivity index (χ1) is 33.2. The minimum Gasteiger partial charge on any atom is -0.0622 e. The first kappa shape index (κ1) is 36.7. The Kier molecular flexibility index (Phi) is 7.52. The third-order valence-corrected chi connectivity index (χ3v) is 15.4. The van der Waals surface area contributed by atoms with Crippen LogP contribution in [-0.2, 0) is 5.41 Å². The maximum absolute atomic E-state index is 2.52. The van der Waals surface area contributed by atoms with Gasteiger partial charge in [-0.15, -0.1) is 0 Å². The van der Waals surface area contributed by atoms with Crippen molar-refractivity contribution >= 4 is 64.6 Å². The van der Waals surface area contributed by atoms with Gasteiger partial charge in [0.1, 0.15) is 0 Å². The van der Waals surface area contributed by atoms with E-state index in [9.17, 15) is 0 Å². The predicted molar refractivity (Wildman–Crippen MR) is 284 cm³/mol. The second kappa shape index (κ2) is 13.7. The van der Waals surface area contributed by atoms with Crippen molar-refractivity contribution in [3.05, 3.63) is 265 Å². The molecular formula is C67H40. The lowest BCUT2D eigenvalue weighted by Crippen LogP contribution is -2.26. The van der Waals surface area contributed by atoms with Gasteiger partial charge < -0.3 is 0 Å². The highest BCUT2D eigenvalue weighted by atomic mass is 14.5. The van der Waals surface area contributed by atoms with Crippen LogP contribution >= 0.6 is 0 Å². The molecule has 0 aromatic heterocycles. The smallest absolute Gasteiger partial charge is 0.0622 e. The van der Waals surface area contributed by atoms with E-state index in [1.807, 2.05) is 0 Å². The molecule has 0 unspecified atom stereocenters. The molecule has 0 N–H and O–H groups in total. The molecule has 15 rings (SSSR count). The first-order valence-electron chi connectivity index (χ1n) is 23.5. The van der Waals surface area contributed by atoms with Crippen molar-refractivity contribution in [1.82, 2.24) is 0 Å². The Labute approximate surface area is 388 Å². The Morgan fingerprint density at radius 3 is 1.28 bits per heavy atom. The van der Waals surface area contributed by atoms with E-state index >= 15 is 0 Å². The molecule has 0 radical (unpaired) electrons. The normalized spacial score (nSPS) is 13.2. The quantitative estimate of drug-likeness (QED) is 0.123. The second-order valence-corrected chi connectivity index (χ2v) is 18.6. The zero-order valence-electron chi connectivity index (χ0n) is 36.6. The average molecular weight is 845 g/mol. The molecule has 0 heterocycles. The van der Waals surface area contributed by atoms with E-state index in [-0.39, 0.29) is 0 Å². The zero-order chi connectivity index (χ0) is 43.8. The fourth-order valence-corrected chi connectivity index (χ4v) is 12.7. The van der Waals surface area contributed by atoms with Crippen molar-refractivity contribution in [1.29, 1.82) is 0 Å². The maximum Gasteiger partial charge on any atom is 0.0731 e. The number of hydrogen-bond donors (Lipinski definition) is 0. The molecular weight excluding hydrogens is 805 g/mol. The van der Waals surface area contributed by atoms with Crippen molar-refractivity contribution in [2.75, 3.05) is 0 Å². The van der Waals surface area contributed by atoms with Gasteiger partial charge >= 0.3 is 0 Å². The van der Waals surface area contributed by atoms with Crippen LogP contribution in [0.1, 0.15) is 22.3 Å². The molecule has 13 aromatic rings. The molecule has 13 aromatic carbocycles. The number of rotatable bonds is 3. The van der Waals surface area contributed by atoms with Crippen LogP contribution in [0.15, 0.2) is 243 Å². The maximum atomic E-state index is 2.52. The monoisotopic (exact) mass is 844 g/mol. The summed E-state index contributed by atoms with van der Waals surface area (Å²) in [5.41, 5.74) is 17.8. The summed E-state index contributed by atoms with van der Waals surface area (Å²) in [5, 5.41) is 15.2. The van der Waals surface area contributed by atoms with Crippen molar-refractivity contribution in [2.45, 2.75) is 5.41 Å². The van der Waals surface area contributed by atoms with Crippen LogP contribution in [0.2, 0.25) is 0 Å². The fraction of sp³-hybridized carbons (Fsp3) is 0.0149. The molecule has 0 saturated carbocycles. The standard InChI is InChI=1S/C67H40/c1-2-16-41(17-3-1)44-30-31-46-37-47(33-32-45(46)36-44)63-53-24-8-10-26-55(53)64(56-27-11-9-25-54(56)63)48-34-35-57-58(39-48)49-20-6-7-23-52(49)65-59-38-42-18-4-5-19-43(42)40-62(59)67(66(57)65)60-28-14-12-21-50(60)51-22-13-15-29-61(51)67/h1-40H. The van der Waals surface area contributed by atoms with E-state index in [4.69, 9.17) is 0 Å². The molecule has 0 heteroatoms. The lowest BCUT2D eigenvalue weighted by Gasteiger charge is -2.32. The minimum absolute atomic E-state index is 0.490. The molecule has 0 bridgehead atoms. The van der Waals surface area contributed by atoms with E-state index in [1.165, 1.54) is 143 Å². The van der Waals surface area contributed by atoms with E-state index in [1.54, 1.807) is 0 Å². The van der Waals surface area contributed by atoms with Gasteiger partial charge in [-0.25, -0.2) is 0 Å². The highest BCUT2D eigenvalue weighted by Gasteiger charge is 2.53. The lowest BCUT2D eigenvalue weighted by molar-refractivity contribution is 0.803. The molecule has 0 fully saturated rings. The van der Waals surface area contributed by atoms with Gasteiger partial charge in [-0.2, -0.15) is 0 Å². The van der Waals surface area contributed by atoms with E-state index in [0.29, 0.717) is 0 Å². The topological polar surface area (TPSA) is 0 Å². The molecule has 0 aliphatic heterocycles. The van der Waals surface area contributed by atoms with Crippen LogP contribution in [0.3, 0.4) is 0 Å². The molecule has 67 heavy (non-hydrogen) atoms. The summed E-state index contributed by atoms with van der Waals surface area (Å²) in [6, 6.07) is 91.5. The average Bonchev–Trinajstić information content (AvgIpc) is 3.86. The second-order valence-electron chi connectivity index (χ2n) is 18.6. The summed E-state index contributed by atoms with van der Waals surface area (Å²) >= 11 is 0. The van der Waals surface area contributed by atoms with Gasteiger partial charge in [-0.1, -0.05) is 212 Å². The SMILES string of the molecule is c1ccc(-c2ccc3cc(-c4c5ccccc5c(-c5ccc6c7c(c8ccccc8c6c5)-c5cc6ccccc6cc5C75c6ccccc6-c6ccccc65)c5ccccc45)ccc3c2)cc1. The molecule has 0 nitrogen and oxygen atoms in total. The number of benzene rings is 13. The van der Waals surface area contributed by atoms with Gasteiger partial charge in [0.25, 0.3) is 0 Å². The zero-order valence-corrected chi connectivity index (χ0v) is 36.6. The fourth-order valence-electron chi connectivity index (χ4n) is 12.7. The van der Waals surface area contributed by atoms with Crippen molar-refractivity contribution in [3.63, 3.8) is 0 Å². The van der Waals surface area contributed by atoms with E-state index in [2.05, 4.69) is 243 Å². The van der Waals surface area contributed by atoms with Gasteiger partial charge in [0, 0.05) is 0 Å². The molecule has 0 saturated heterocycles. The van der Waals surface area contributed by atoms with E-state index in [0.717, 1.165) is 0 Å². The van der Waals surface area contributed by atoms with E-state index < -0.39 is 5.41 Å². The Balaban J connectivity index is 1.01. The van der Waals surface area contributed by atoms with Crippen molar-refractivity contribution in [3.8, 4) is 55.6 Å². The van der Waals surface area contributed by atoms with Gasteiger partial charge in [0.2, 0.25) is 0 Å². The van der Waals surface area contributed by atoms with Crippen LogP contribution in [0, 0.1) is 0 Å². The summed E-state index contributed by atoms with van der Waals surface area (Å²) < 4.78 is 0. The highest BCUT2D eigenvalue weighted by molar-refractivity contribution is 6.25. The van der Waals surface area contributed by atoms with Gasteiger partial charge in [-0.05, 0) is 173 Å². The van der Waals surface area contributed by atoms with Crippen LogP contribution in [-0.4, -0.2) is 0 Å². The van der Waals surface area contributed by atoms with Crippen LogP contribution in [0.5, 0.6) is 0 Å². The number of hydrogen-bond acceptors (Lipinski definition) is 0. The molecule has 0 atom stereocenters. The van der Waals surface area contributed by atoms with Crippen LogP contribution in [0.25, 0.3) is 120 Å². The van der Waals surface area contributed by atoms with Crippen LogP contribution in [0.4, 0.5) is 0 Å². The molecule has 2 aliphatic carbocycles. The van der Waals surface area contributed by atoms with Crippen molar-refractivity contribution < 1.29 is 0 Å². The number of fused-ring (bicyclic) bond motifs is 19. The molecule has 2 aliphatic rings.